The van der Waals surface area contributed by atoms with Crippen LogP contribution < -0.4 is 15.3 Å². The minimum Gasteiger partial charge on any atom is -0.465 e. The summed E-state index contributed by atoms with van der Waals surface area (Å²) in [5.74, 6) is -0.0106. The maximum Gasteiger partial charge on any atom is 0.459 e. The van der Waals surface area contributed by atoms with Gasteiger partial charge in [-0.15, -0.1) is 0 Å². The molecule has 1 aliphatic heterocycles. The second-order valence-electron chi connectivity index (χ2n) is 8.68. The van der Waals surface area contributed by atoms with E-state index >= 15 is 0 Å². The Hall–Kier alpha value is -3.02. The number of aliphatic hydroxyl groups is 1. The van der Waals surface area contributed by atoms with Gasteiger partial charge >= 0.3 is 13.7 Å². The third kappa shape index (κ3) is 5.69. The molecule has 0 spiro atoms. The molecule has 0 radical (unpaired) electrons. The second kappa shape index (κ2) is 10.5. The van der Waals surface area contributed by atoms with Gasteiger partial charge < -0.3 is 24.8 Å². The number of nitrogens with two attached hydrogens (primary N) is 1. The summed E-state index contributed by atoms with van der Waals surface area (Å²) < 4.78 is 37.7. The van der Waals surface area contributed by atoms with Gasteiger partial charge in [0.15, 0.2) is 5.82 Å². The number of benzene rings is 1. The van der Waals surface area contributed by atoms with E-state index in [1.807, 2.05) is 0 Å². The second-order valence-corrected chi connectivity index (χ2v) is 10.4. The third-order valence-corrected chi connectivity index (χ3v) is 7.46. The van der Waals surface area contributed by atoms with Crippen LogP contribution in [-0.2, 0) is 23.4 Å². The standard InChI is InChI=1S/C23H30N5O7P/c1-4-32-22(29)15(2)27-36(31,35-16-8-6-5-7-9-16)33-13-20-23(3,30)12-19(34-20)17-10-11-18-21(24)25-14-26-28(17)18/h5-11,14-15,19-20,30H,4,12-13H2,1-3H3,(H,27,31)(H2,24,25,26). The van der Waals surface area contributed by atoms with Gasteiger partial charge in [0.1, 0.15) is 35.8 Å². The molecule has 1 aliphatic rings. The van der Waals surface area contributed by atoms with Crippen molar-refractivity contribution in [3.63, 3.8) is 0 Å². The van der Waals surface area contributed by atoms with Crippen LogP contribution >= 0.6 is 7.75 Å². The van der Waals surface area contributed by atoms with Crippen LogP contribution in [0.2, 0.25) is 0 Å². The Bertz CT molecular complexity index is 1250. The molecule has 5 atom stereocenters. The lowest BCUT2D eigenvalue weighted by molar-refractivity contribution is -0.144. The normalized spacial score (nSPS) is 24.3. The SMILES string of the molecule is CCOC(=O)C(C)NP(=O)(OCC1OC(c2ccc3c(N)ncnn23)CC1(C)O)Oc1ccccc1. The molecule has 0 aliphatic carbocycles. The van der Waals surface area contributed by atoms with Gasteiger partial charge in [0.05, 0.1) is 24.5 Å². The fourth-order valence-corrected chi connectivity index (χ4v) is 5.43. The van der Waals surface area contributed by atoms with Crippen molar-refractivity contribution in [2.75, 3.05) is 18.9 Å². The number of hydrogen-bond acceptors (Lipinski definition) is 10. The van der Waals surface area contributed by atoms with Gasteiger partial charge in [-0.2, -0.15) is 10.2 Å². The lowest BCUT2D eigenvalue weighted by atomic mass is 9.96. The van der Waals surface area contributed by atoms with E-state index in [-0.39, 0.29) is 25.4 Å². The molecule has 2 aromatic heterocycles. The number of nitrogens with one attached hydrogen (secondary N) is 1. The molecule has 1 saturated heterocycles. The van der Waals surface area contributed by atoms with Crippen LogP contribution in [0.4, 0.5) is 5.82 Å². The van der Waals surface area contributed by atoms with Gasteiger partial charge in [-0.3, -0.25) is 9.32 Å². The molecule has 4 rings (SSSR count). The lowest BCUT2D eigenvalue weighted by Crippen LogP contribution is -2.40. The molecule has 36 heavy (non-hydrogen) atoms. The molecule has 1 fully saturated rings. The lowest BCUT2D eigenvalue weighted by Gasteiger charge is -2.27. The molecule has 4 N–H and O–H groups in total. The predicted molar refractivity (Wildman–Crippen MR) is 130 cm³/mol. The average Bonchev–Trinajstić information content (AvgIpc) is 3.39. The monoisotopic (exact) mass is 519 g/mol. The van der Waals surface area contributed by atoms with E-state index in [1.165, 1.54) is 13.3 Å². The number of para-hydroxylation sites is 1. The Kier molecular flexibility index (Phi) is 7.62. The molecule has 1 aromatic carbocycles. The van der Waals surface area contributed by atoms with E-state index in [4.69, 9.17) is 24.3 Å². The minimum atomic E-state index is -4.09. The van der Waals surface area contributed by atoms with Gasteiger partial charge in [-0.1, -0.05) is 18.2 Å². The maximum absolute atomic E-state index is 13.7. The van der Waals surface area contributed by atoms with E-state index in [9.17, 15) is 14.5 Å². The van der Waals surface area contributed by atoms with Gasteiger partial charge in [-0.25, -0.2) is 14.1 Å². The summed E-state index contributed by atoms with van der Waals surface area (Å²) in [6, 6.07) is 11.0. The Labute approximate surface area is 208 Å². The molecular formula is C23H30N5O7P. The minimum absolute atomic E-state index is 0.167. The van der Waals surface area contributed by atoms with Crippen LogP contribution in [0.3, 0.4) is 0 Å². The summed E-state index contributed by atoms with van der Waals surface area (Å²) in [5.41, 5.74) is 5.90. The molecule has 12 nitrogen and oxygen atoms in total. The van der Waals surface area contributed by atoms with Crippen LogP contribution in [0, 0.1) is 0 Å². The molecule has 194 valence electrons. The van der Waals surface area contributed by atoms with E-state index in [0.29, 0.717) is 17.0 Å². The fraction of sp³-hybridized carbons (Fsp3) is 0.435. The molecule has 5 unspecified atom stereocenters. The van der Waals surface area contributed by atoms with Crippen molar-refractivity contribution in [3.05, 3.63) is 54.5 Å². The summed E-state index contributed by atoms with van der Waals surface area (Å²) in [6.45, 7) is 4.66. The number of ether oxygens (including phenoxy) is 2. The quantitative estimate of drug-likeness (QED) is 0.267. The summed E-state index contributed by atoms with van der Waals surface area (Å²) in [6.07, 6.45) is 0.173. The van der Waals surface area contributed by atoms with Crippen LogP contribution in [0.5, 0.6) is 5.75 Å². The fourth-order valence-electron chi connectivity index (χ4n) is 3.94. The molecule has 3 aromatic rings. The highest BCUT2D eigenvalue weighted by Crippen LogP contribution is 2.47. The summed E-state index contributed by atoms with van der Waals surface area (Å²) in [5, 5.41) is 17.9. The highest BCUT2D eigenvalue weighted by molar-refractivity contribution is 7.52. The number of nitrogens with zero attached hydrogens (tertiary/aromatic N) is 3. The molecule has 0 bridgehead atoms. The topological polar surface area (TPSA) is 160 Å². The Morgan fingerprint density at radius 3 is 2.83 bits per heavy atom. The van der Waals surface area contributed by atoms with Crippen molar-refractivity contribution in [3.8, 4) is 5.75 Å². The number of rotatable bonds is 10. The van der Waals surface area contributed by atoms with Crippen LogP contribution in [0.15, 0.2) is 48.8 Å². The summed E-state index contributed by atoms with van der Waals surface area (Å²) in [4.78, 5) is 16.1. The highest BCUT2D eigenvalue weighted by Gasteiger charge is 2.47. The Morgan fingerprint density at radius 2 is 2.11 bits per heavy atom. The number of carbonyl (C=O) groups is 1. The molecule has 0 saturated carbocycles. The first kappa shape index (κ1) is 26.1. The first-order valence-electron chi connectivity index (χ1n) is 11.5. The molecule has 0 amide bonds. The van der Waals surface area contributed by atoms with Crippen molar-refractivity contribution in [1.82, 2.24) is 19.7 Å². The highest BCUT2D eigenvalue weighted by atomic mass is 31.2. The number of anilines is 1. The van der Waals surface area contributed by atoms with E-state index < -0.39 is 37.6 Å². The van der Waals surface area contributed by atoms with Gasteiger partial charge in [0, 0.05) is 6.42 Å². The third-order valence-electron chi connectivity index (χ3n) is 5.82. The maximum atomic E-state index is 13.7. The van der Waals surface area contributed by atoms with Gasteiger partial charge in [-0.05, 0) is 45.0 Å². The zero-order valence-electron chi connectivity index (χ0n) is 20.2. The molecule has 13 heteroatoms. The van der Waals surface area contributed by atoms with E-state index in [0.717, 1.165) is 0 Å². The number of aromatic nitrogens is 3. The van der Waals surface area contributed by atoms with Crippen molar-refractivity contribution in [1.29, 1.82) is 0 Å². The zero-order chi connectivity index (χ0) is 25.9. The Morgan fingerprint density at radius 1 is 1.36 bits per heavy atom. The smallest absolute Gasteiger partial charge is 0.459 e. The van der Waals surface area contributed by atoms with Gasteiger partial charge in [0.25, 0.3) is 0 Å². The van der Waals surface area contributed by atoms with E-state index in [2.05, 4.69) is 15.2 Å². The molecule has 3 heterocycles. The summed E-state index contributed by atoms with van der Waals surface area (Å²) >= 11 is 0. The first-order chi connectivity index (χ1) is 17.1. The molecular weight excluding hydrogens is 489 g/mol. The zero-order valence-corrected chi connectivity index (χ0v) is 21.1. The van der Waals surface area contributed by atoms with Crippen molar-refractivity contribution < 1.29 is 33.0 Å². The number of nitrogen functional groups attached to an aromatic ring is 1. The Balaban J connectivity index is 1.51. The summed E-state index contributed by atoms with van der Waals surface area (Å²) in [7, 11) is -4.09. The van der Waals surface area contributed by atoms with Crippen molar-refractivity contribution in [2.45, 2.75) is 51.0 Å². The van der Waals surface area contributed by atoms with Crippen LogP contribution in [0.1, 0.15) is 39.0 Å². The predicted octanol–water partition coefficient (Wildman–Crippen LogP) is 2.64. The van der Waals surface area contributed by atoms with Crippen LogP contribution in [0.25, 0.3) is 5.52 Å². The number of esters is 1. The van der Waals surface area contributed by atoms with Crippen molar-refractivity contribution in [2.24, 2.45) is 0 Å². The van der Waals surface area contributed by atoms with Crippen LogP contribution in [-0.4, -0.2) is 56.6 Å². The number of hydrogen-bond donors (Lipinski definition) is 3. The number of fused-ring (bicyclic) bond motifs is 1. The first-order valence-corrected chi connectivity index (χ1v) is 13.1. The van der Waals surface area contributed by atoms with Crippen molar-refractivity contribution >= 4 is 25.1 Å². The largest absolute Gasteiger partial charge is 0.465 e. The average molecular weight is 519 g/mol. The van der Waals surface area contributed by atoms with Gasteiger partial charge in [0.2, 0.25) is 0 Å². The van der Waals surface area contributed by atoms with E-state index in [1.54, 1.807) is 60.8 Å². The number of carbonyl (C=O) groups excluding carboxylic acids is 1.